The molecule has 1 N–H and O–H groups in total. The lowest BCUT2D eigenvalue weighted by atomic mass is 10.2. The van der Waals surface area contributed by atoms with Crippen molar-refractivity contribution in [3.8, 4) is 0 Å². The van der Waals surface area contributed by atoms with Gasteiger partial charge in [0.25, 0.3) is 0 Å². The Hall–Kier alpha value is -0.0900. The molecule has 0 aliphatic carbocycles. The highest BCUT2D eigenvalue weighted by molar-refractivity contribution is 9.09. The fourth-order valence-corrected chi connectivity index (χ4v) is 2.04. The summed E-state index contributed by atoms with van der Waals surface area (Å²) in [6.45, 7) is 2.90. The lowest BCUT2D eigenvalue weighted by Gasteiger charge is -2.23. The van der Waals surface area contributed by atoms with Crippen molar-refractivity contribution in [1.82, 2.24) is 4.90 Å². The van der Waals surface area contributed by atoms with Crippen LogP contribution >= 0.6 is 15.9 Å². The molecule has 1 amide bonds. The largest absolute Gasteiger partial charge is 0.396 e. The molecule has 3 nitrogen and oxygen atoms in total. The summed E-state index contributed by atoms with van der Waals surface area (Å²) in [5.74, 6) is 0.192. The van der Waals surface area contributed by atoms with E-state index in [0.717, 1.165) is 6.54 Å². The van der Waals surface area contributed by atoms with E-state index in [2.05, 4.69) is 15.9 Å². The Bertz CT molecular complexity index is 174. The number of likely N-dealkylation sites (tertiary alicyclic amines) is 1. The van der Waals surface area contributed by atoms with Crippen molar-refractivity contribution < 1.29 is 9.90 Å². The van der Waals surface area contributed by atoms with Crippen LogP contribution in [0.5, 0.6) is 0 Å². The van der Waals surface area contributed by atoms with Crippen LogP contribution in [0.25, 0.3) is 0 Å². The molecule has 0 radical (unpaired) electrons. The van der Waals surface area contributed by atoms with Gasteiger partial charge in [0.2, 0.25) is 5.91 Å². The van der Waals surface area contributed by atoms with E-state index in [1.807, 2.05) is 11.8 Å². The molecule has 0 spiro atoms. The molecule has 1 fully saturated rings. The molecule has 1 heterocycles. The number of alkyl halides is 1. The molecule has 4 heteroatoms. The van der Waals surface area contributed by atoms with Gasteiger partial charge in [0, 0.05) is 30.4 Å². The Morgan fingerprint density at radius 1 is 1.83 bits per heavy atom. The van der Waals surface area contributed by atoms with Gasteiger partial charge in [-0.25, -0.2) is 0 Å². The third kappa shape index (κ3) is 2.20. The van der Waals surface area contributed by atoms with Gasteiger partial charge >= 0.3 is 0 Å². The molecule has 1 aliphatic heterocycles. The Balaban J connectivity index is 2.46. The molecular weight excluding hydrogens is 222 g/mol. The van der Waals surface area contributed by atoms with Crippen LogP contribution in [0.2, 0.25) is 0 Å². The zero-order valence-electron chi connectivity index (χ0n) is 7.16. The Morgan fingerprint density at radius 3 is 2.92 bits per heavy atom. The minimum Gasteiger partial charge on any atom is -0.396 e. The molecule has 0 aromatic rings. The molecule has 1 unspecified atom stereocenters. The van der Waals surface area contributed by atoms with Crippen molar-refractivity contribution in [3.05, 3.63) is 0 Å². The van der Waals surface area contributed by atoms with Crippen LogP contribution in [0.1, 0.15) is 19.8 Å². The fraction of sp³-hybridized carbons (Fsp3) is 0.875. The van der Waals surface area contributed by atoms with Gasteiger partial charge in [-0.3, -0.25) is 4.79 Å². The van der Waals surface area contributed by atoms with Crippen LogP contribution in [-0.4, -0.2) is 39.9 Å². The number of hydrogen-bond acceptors (Lipinski definition) is 2. The summed E-state index contributed by atoms with van der Waals surface area (Å²) in [5.41, 5.74) is 0. The molecule has 1 aliphatic rings. The zero-order valence-corrected chi connectivity index (χ0v) is 8.75. The number of nitrogens with zero attached hydrogens (tertiary/aromatic N) is 1. The minimum absolute atomic E-state index is 0.151. The van der Waals surface area contributed by atoms with Crippen molar-refractivity contribution in [2.75, 3.05) is 13.2 Å². The maximum Gasteiger partial charge on any atom is 0.224 e. The number of hydrogen-bond donors (Lipinski definition) is 1. The molecule has 1 saturated heterocycles. The van der Waals surface area contributed by atoms with Crippen LogP contribution < -0.4 is 0 Å². The highest BCUT2D eigenvalue weighted by Gasteiger charge is 2.30. The normalized spacial score (nSPS) is 26.4. The monoisotopic (exact) mass is 235 g/mol. The minimum atomic E-state index is 0.151. The van der Waals surface area contributed by atoms with Crippen molar-refractivity contribution in [2.45, 2.75) is 30.6 Å². The van der Waals surface area contributed by atoms with Crippen LogP contribution in [0.3, 0.4) is 0 Å². The van der Waals surface area contributed by atoms with Gasteiger partial charge in [-0.05, 0) is 13.3 Å². The molecule has 70 valence electrons. The molecule has 2 atom stereocenters. The molecule has 0 aromatic heterocycles. The average Bonchev–Trinajstić information content (AvgIpc) is 2.30. The van der Waals surface area contributed by atoms with Gasteiger partial charge < -0.3 is 10.0 Å². The number of aliphatic hydroxyl groups excluding tert-OH is 1. The van der Waals surface area contributed by atoms with Crippen LogP contribution in [0.4, 0.5) is 0 Å². The number of aliphatic hydroxyl groups is 1. The molecule has 0 saturated carbocycles. The Morgan fingerprint density at radius 2 is 2.50 bits per heavy atom. The summed E-state index contributed by atoms with van der Waals surface area (Å²) in [6, 6.07) is 0.171. The van der Waals surface area contributed by atoms with Gasteiger partial charge in [0.05, 0.1) is 0 Å². The SMILES string of the molecule is C[C@H](CCO)N1CC(Br)CC1=O. The van der Waals surface area contributed by atoms with E-state index in [1.165, 1.54) is 0 Å². The van der Waals surface area contributed by atoms with Crippen molar-refractivity contribution in [2.24, 2.45) is 0 Å². The second-order valence-corrected chi connectivity index (χ2v) is 4.50. The van der Waals surface area contributed by atoms with E-state index in [0.29, 0.717) is 17.7 Å². The van der Waals surface area contributed by atoms with E-state index >= 15 is 0 Å². The highest BCUT2D eigenvalue weighted by atomic mass is 79.9. The number of carbonyl (C=O) groups is 1. The standard InChI is InChI=1S/C8H14BrNO2/c1-6(2-3-11)10-5-7(9)4-8(10)12/h6-7,11H,2-5H2,1H3/t6-,7?/m1/s1. The summed E-state index contributed by atoms with van der Waals surface area (Å²) in [5, 5.41) is 8.70. The average molecular weight is 236 g/mol. The maximum atomic E-state index is 11.3. The first kappa shape index (κ1) is 9.99. The third-order valence-corrected chi connectivity index (χ3v) is 2.80. The van der Waals surface area contributed by atoms with Gasteiger partial charge in [-0.15, -0.1) is 0 Å². The van der Waals surface area contributed by atoms with Crippen molar-refractivity contribution in [1.29, 1.82) is 0 Å². The zero-order chi connectivity index (χ0) is 9.14. The highest BCUT2D eigenvalue weighted by Crippen LogP contribution is 2.21. The number of halogens is 1. The quantitative estimate of drug-likeness (QED) is 0.734. The molecule has 0 bridgehead atoms. The second-order valence-electron chi connectivity index (χ2n) is 3.21. The van der Waals surface area contributed by atoms with Crippen molar-refractivity contribution in [3.63, 3.8) is 0 Å². The molecule has 1 rings (SSSR count). The first-order valence-corrected chi connectivity index (χ1v) is 5.11. The number of rotatable bonds is 3. The summed E-state index contributed by atoms with van der Waals surface area (Å²) >= 11 is 3.41. The molecular formula is C8H14BrNO2. The number of amides is 1. The van der Waals surface area contributed by atoms with Crippen LogP contribution in [0.15, 0.2) is 0 Å². The van der Waals surface area contributed by atoms with Gasteiger partial charge in [0.1, 0.15) is 0 Å². The van der Waals surface area contributed by atoms with E-state index < -0.39 is 0 Å². The van der Waals surface area contributed by atoms with Gasteiger partial charge in [0.15, 0.2) is 0 Å². The molecule has 0 aromatic carbocycles. The summed E-state index contributed by atoms with van der Waals surface area (Å²) < 4.78 is 0. The predicted octanol–water partition coefficient (Wildman–Crippen LogP) is 0.753. The van der Waals surface area contributed by atoms with E-state index in [4.69, 9.17) is 5.11 Å². The van der Waals surface area contributed by atoms with Gasteiger partial charge in [-0.2, -0.15) is 0 Å². The summed E-state index contributed by atoms with van der Waals surface area (Å²) in [4.78, 5) is 13.4. The smallest absolute Gasteiger partial charge is 0.224 e. The predicted molar refractivity (Wildman–Crippen MR) is 50.2 cm³/mol. The van der Waals surface area contributed by atoms with E-state index in [9.17, 15) is 4.79 Å². The lowest BCUT2D eigenvalue weighted by Crippen LogP contribution is -2.35. The summed E-state index contributed by atoms with van der Waals surface area (Å²) in [7, 11) is 0. The van der Waals surface area contributed by atoms with Crippen LogP contribution in [0, 0.1) is 0 Å². The molecule has 12 heavy (non-hydrogen) atoms. The first-order chi connectivity index (χ1) is 5.65. The lowest BCUT2D eigenvalue weighted by molar-refractivity contribution is -0.129. The Labute approximate surface area is 80.9 Å². The van der Waals surface area contributed by atoms with Crippen LogP contribution in [-0.2, 0) is 4.79 Å². The third-order valence-electron chi connectivity index (χ3n) is 2.19. The van der Waals surface area contributed by atoms with E-state index in [1.54, 1.807) is 0 Å². The van der Waals surface area contributed by atoms with E-state index in [-0.39, 0.29) is 18.6 Å². The second kappa shape index (κ2) is 4.23. The number of carbonyl (C=O) groups excluding carboxylic acids is 1. The fourth-order valence-electron chi connectivity index (χ4n) is 1.45. The van der Waals surface area contributed by atoms with Crippen molar-refractivity contribution >= 4 is 21.8 Å². The summed E-state index contributed by atoms with van der Waals surface area (Å²) in [6.07, 6.45) is 1.27. The maximum absolute atomic E-state index is 11.3. The topological polar surface area (TPSA) is 40.5 Å². The van der Waals surface area contributed by atoms with Gasteiger partial charge in [-0.1, -0.05) is 15.9 Å². The first-order valence-electron chi connectivity index (χ1n) is 4.19. The Kier molecular flexibility index (Phi) is 3.53.